The van der Waals surface area contributed by atoms with Gasteiger partial charge in [0.25, 0.3) is 0 Å². The van der Waals surface area contributed by atoms with Crippen molar-refractivity contribution < 1.29 is 9.47 Å². The highest BCUT2D eigenvalue weighted by Gasteiger charge is 2.40. The molecular weight excluding hydrogens is 226 g/mol. The van der Waals surface area contributed by atoms with E-state index in [1.165, 1.54) is 12.8 Å². The third kappa shape index (κ3) is 4.52. The first-order chi connectivity index (χ1) is 8.64. The minimum atomic E-state index is -0.0561. The van der Waals surface area contributed by atoms with E-state index in [1.807, 2.05) is 0 Å². The molecule has 0 aliphatic heterocycles. The van der Waals surface area contributed by atoms with Crippen LogP contribution in [0.4, 0.5) is 0 Å². The highest BCUT2D eigenvalue weighted by Crippen LogP contribution is 2.38. The summed E-state index contributed by atoms with van der Waals surface area (Å²) in [5.74, 6) is 0.746. The van der Waals surface area contributed by atoms with Gasteiger partial charge in [0, 0.05) is 26.4 Å². The summed E-state index contributed by atoms with van der Waals surface area (Å²) >= 11 is 0. The fraction of sp³-hybridized carbons (Fsp3) is 1.00. The summed E-state index contributed by atoms with van der Waals surface area (Å²) in [5.41, 5.74) is 6.39. The molecule has 1 aliphatic rings. The van der Waals surface area contributed by atoms with Crippen molar-refractivity contribution in [2.75, 3.05) is 20.3 Å². The monoisotopic (exact) mass is 257 g/mol. The molecular formula is C15H31NO2. The third-order valence-corrected chi connectivity index (χ3v) is 4.21. The van der Waals surface area contributed by atoms with Crippen molar-refractivity contribution in [2.24, 2.45) is 11.7 Å². The molecule has 18 heavy (non-hydrogen) atoms. The van der Waals surface area contributed by atoms with Crippen LogP contribution in [0, 0.1) is 5.92 Å². The molecule has 0 aromatic heterocycles. The Labute approximate surface area is 112 Å². The number of nitrogens with two attached hydrogens (primary N) is 1. The Kier molecular flexibility index (Phi) is 7.20. The summed E-state index contributed by atoms with van der Waals surface area (Å²) in [6.45, 7) is 6.02. The molecule has 1 aliphatic carbocycles. The summed E-state index contributed by atoms with van der Waals surface area (Å²) in [4.78, 5) is 0. The molecule has 3 heteroatoms. The van der Waals surface area contributed by atoms with E-state index in [-0.39, 0.29) is 11.6 Å². The smallest absolute Gasteiger partial charge is 0.0835 e. The van der Waals surface area contributed by atoms with Gasteiger partial charge < -0.3 is 15.2 Å². The highest BCUT2D eigenvalue weighted by molar-refractivity contribution is 4.95. The lowest BCUT2D eigenvalue weighted by molar-refractivity contribution is -0.0944. The van der Waals surface area contributed by atoms with E-state index < -0.39 is 0 Å². The van der Waals surface area contributed by atoms with Gasteiger partial charge >= 0.3 is 0 Å². The SMILES string of the molecule is CCOC1(C(N)CCCCOC)CCCC(C)C1. The molecule has 1 rings (SSSR count). The molecule has 3 unspecified atom stereocenters. The number of unbranched alkanes of at least 4 members (excludes halogenated alkanes) is 1. The van der Waals surface area contributed by atoms with Gasteiger partial charge in [-0.1, -0.05) is 19.8 Å². The number of methoxy groups -OCH3 is 1. The Hall–Kier alpha value is -0.120. The van der Waals surface area contributed by atoms with Gasteiger partial charge in [-0.05, 0) is 44.9 Å². The minimum Gasteiger partial charge on any atom is -0.385 e. The molecule has 0 spiro atoms. The molecule has 3 nitrogen and oxygen atoms in total. The Bertz CT molecular complexity index is 219. The van der Waals surface area contributed by atoms with Gasteiger partial charge in [-0.25, -0.2) is 0 Å². The molecule has 108 valence electrons. The molecule has 0 radical (unpaired) electrons. The first kappa shape index (κ1) is 15.9. The average Bonchev–Trinajstić information content (AvgIpc) is 2.34. The van der Waals surface area contributed by atoms with Crippen LogP contribution in [0.25, 0.3) is 0 Å². The predicted molar refractivity (Wildman–Crippen MR) is 75.7 cm³/mol. The zero-order chi connectivity index (χ0) is 13.4. The van der Waals surface area contributed by atoms with Gasteiger partial charge in [0.15, 0.2) is 0 Å². The van der Waals surface area contributed by atoms with Gasteiger partial charge in [0.1, 0.15) is 0 Å². The topological polar surface area (TPSA) is 44.5 Å². The van der Waals surface area contributed by atoms with Crippen molar-refractivity contribution in [3.05, 3.63) is 0 Å². The molecule has 2 N–H and O–H groups in total. The van der Waals surface area contributed by atoms with Crippen LogP contribution >= 0.6 is 0 Å². The van der Waals surface area contributed by atoms with Gasteiger partial charge in [-0.15, -0.1) is 0 Å². The maximum Gasteiger partial charge on any atom is 0.0835 e. The van der Waals surface area contributed by atoms with Gasteiger partial charge in [0.2, 0.25) is 0 Å². The Morgan fingerprint density at radius 2 is 2.17 bits per heavy atom. The fourth-order valence-corrected chi connectivity index (χ4v) is 3.28. The molecule has 1 fully saturated rings. The predicted octanol–water partition coefficient (Wildman–Crippen LogP) is 3.12. The molecule has 0 aromatic carbocycles. The summed E-state index contributed by atoms with van der Waals surface area (Å²) in [7, 11) is 1.75. The van der Waals surface area contributed by atoms with Crippen LogP contribution in [0.3, 0.4) is 0 Å². The lowest BCUT2D eigenvalue weighted by Gasteiger charge is -2.44. The molecule has 3 atom stereocenters. The lowest BCUT2D eigenvalue weighted by Crippen LogP contribution is -2.52. The second-order valence-corrected chi connectivity index (χ2v) is 5.79. The van der Waals surface area contributed by atoms with E-state index in [1.54, 1.807) is 7.11 Å². The van der Waals surface area contributed by atoms with Gasteiger partial charge in [-0.2, -0.15) is 0 Å². The number of rotatable bonds is 8. The summed E-state index contributed by atoms with van der Waals surface area (Å²) < 4.78 is 11.2. The number of hydrogen-bond donors (Lipinski definition) is 1. The van der Waals surface area contributed by atoms with Crippen molar-refractivity contribution in [3.8, 4) is 0 Å². The quantitative estimate of drug-likeness (QED) is 0.679. The van der Waals surface area contributed by atoms with Crippen LogP contribution in [0.5, 0.6) is 0 Å². The maximum absolute atomic E-state index is 6.45. The van der Waals surface area contributed by atoms with Gasteiger partial charge in [0.05, 0.1) is 5.60 Å². The van der Waals surface area contributed by atoms with Crippen molar-refractivity contribution in [3.63, 3.8) is 0 Å². The standard InChI is InChI=1S/C15H31NO2/c1-4-18-15(10-7-8-13(2)12-15)14(16)9-5-6-11-17-3/h13-14H,4-12,16H2,1-3H3. The number of ether oxygens (including phenoxy) is 2. The second-order valence-electron chi connectivity index (χ2n) is 5.79. The number of hydrogen-bond acceptors (Lipinski definition) is 3. The Morgan fingerprint density at radius 1 is 1.39 bits per heavy atom. The fourth-order valence-electron chi connectivity index (χ4n) is 3.28. The first-order valence-electron chi connectivity index (χ1n) is 7.53. The normalized spacial score (nSPS) is 30.3. The Balaban J connectivity index is 2.48. The molecule has 0 bridgehead atoms. The van der Waals surface area contributed by atoms with E-state index in [2.05, 4.69) is 13.8 Å². The molecule has 0 saturated heterocycles. The van der Waals surface area contributed by atoms with E-state index in [9.17, 15) is 0 Å². The van der Waals surface area contributed by atoms with Crippen molar-refractivity contribution in [1.82, 2.24) is 0 Å². The summed E-state index contributed by atoms with van der Waals surface area (Å²) in [6, 6.07) is 0.178. The lowest BCUT2D eigenvalue weighted by atomic mass is 9.73. The van der Waals surface area contributed by atoms with Crippen LogP contribution in [0.15, 0.2) is 0 Å². The second kappa shape index (κ2) is 8.13. The van der Waals surface area contributed by atoms with E-state index in [4.69, 9.17) is 15.2 Å². The molecule has 0 aromatic rings. The molecule has 0 heterocycles. The van der Waals surface area contributed by atoms with E-state index >= 15 is 0 Å². The summed E-state index contributed by atoms with van der Waals surface area (Å²) in [6.07, 6.45) is 8.14. The Morgan fingerprint density at radius 3 is 2.78 bits per heavy atom. The van der Waals surface area contributed by atoms with Crippen molar-refractivity contribution in [1.29, 1.82) is 0 Å². The van der Waals surface area contributed by atoms with Gasteiger partial charge in [-0.3, -0.25) is 0 Å². The average molecular weight is 257 g/mol. The minimum absolute atomic E-state index is 0.0561. The largest absolute Gasteiger partial charge is 0.385 e. The van der Waals surface area contributed by atoms with Crippen LogP contribution in [0.1, 0.15) is 58.8 Å². The van der Waals surface area contributed by atoms with Crippen molar-refractivity contribution >= 4 is 0 Å². The first-order valence-corrected chi connectivity index (χ1v) is 7.53. The van der Waals surface area contributed by atoms with Crippen LogP contribution in [0.2, 0.25) is 0 Å². The highest BCUT2D eigenvalue weighted by atomic mass is 16.5. The van der Waals surface area contributed by atoms with E-state index in [0.717, 1.165) is 51.2 Å². The zero-order valence-electron chi connectivity index (χ0n) is 12.4. The maximum atomic E-state index is 6.45. The van der Waals surface area contributed by atoms with Crippen LogP contribution in [-0.4, -0.2) is 32.0 Å². The van der Waals surface area contributed by atoms with Crippen LogP contribution < -0.4 is 5.73 Å². The zero-order valence-corrected chi connectivity index (χ0v) is 12.4. The molecule has 1 saturated carbocycles. The van der Waals surface area contributed by atoms with E-state index in [0.29, 0.717) is 0 Å². The van der Waals surface area contributed by atoms with Crippen LogP contribution in [-0.2, 0) is 9.47 Å². The third-order valence-electron chi connectivity index (χ3n) is 4.21. The molecule has 0 amide bonds. The summed E-state index contributed by atoms with van der Waals surface area (Å²) in [5, 5.41) is 0. The van der Waals surface area contributed by atoms with Crippen molar-refractivity contribution in [2.45, 2.75) is 70.4 Å².